The van der Waals surface area contributed by atoms with Crippen LogP contribution in [0.2, 0.25) is 0 Å². The number of aliphatic hydroxyl groups is 1. The third kappa shape index (κ3) is 4.37. The number of hydrogen-bond acceptors (Lipinski definition) is 5. The highest BCUT2D eigenvalue weighted by atomic mass is 19.1. The summed E-state index contributed by atoms with van der Waals surface area (Å²) in [4.78, 5) is 27.9. The Kier molecular flexibility index (Phi) is 5.89. The Morgan fingerprint density at radius 2 is 1.91 bits per heavy atom. The van der Waals surface area contributed by atoms with Gasteiger partial charge in [-0.05, 0) is 49.3 Å². The zero-order valence-corrected chi connectivity index (χ0v) is 18.4. The summed E-state index contributed by atoms with van der Waals surface area (Å²) in [6.07, 6.45) is 5.16. The van der Waals surface area contributed by atoms with Gasteiger partial charge in [-0.3, -0.25) is 4.79 Å². The van der Waals surface area contributed by atoms with Gasteiger partial charge in [-0.15, -0.1) is 0 Å². The molecule has 0 bridgehead atoms. The molecular weight excluding hydrogens is 423 g/mol. The van der Waals surface area contributed by atoms with Gasteiger partial charge in [-0.25, -0.2) is 9.18 Å². The van der Waals surface area contributed by atoms with Gasteiger partial charge in [-0.1, -0.05) is 30.3 Å². The first kappa shape index (κ1) is 21.6. The first-order valence-electron chi connectivity index (χ1n) is 11.5. The van der Waals surface area contributed by atoms with Crippen LogP contribution in [-0.2, 0) is 11.3 Å². The number of carbonyl (C=O) groups excluding carboxylic acids is 1. The third-order valence-electron chi connectivity index (χ3n) is 6.54. The Hall–Kier alpha value is -3.19. The second kappa shape index (κ2) is 8.98. The fourth-order valence-corrected chi connectivity index (χ4v) is 4.53. The second-order valence-electron chi connectivity index (χ2n) is 9.03. The summed E-state index contributed by atoms with van der Waals surface area (Å²) in [5.41, 5.74) is 1.39. The van der Waals surface area contributed by atoms with Crippen molar-refractivity contribution in [1.29, 1.82) is 0 Å². The van der Waals surface area contributed by atoms with Gasteiger partial charge < -0.3 is 19.3 Å². The van der Waals surface area contributed by atoms with Gasteiger partial charge in [0.25, 0.3) is 0 Å². The van der Waals surface area contributed by atoms with Crippen molar-refractivity contribution in [2.75, 3.05) is 24.6 Å². The van der Waals surface area contributed by atoms with E-state index in [1.54, 1.807) is 12.3 Å². The van der Waals surface area contributed by atoms with Crippen LogP contribution < -0.4 is 10.3 Å². The van der Waals surface area contributed by atoms with Crippen LogP contribution in [0.3, 0.4) is 0 Å². The molecule has 0 unspecified atom stereocenters. The van der Waals surface area contributed by atoms with E-state index in [0.717, 1.165) is 44.3 Å². The molecule has 2 fully saturated rings. The SMILES string of the molecule is O=C(OCc1ccccc1)c1cn(C2CC2)c2cc(N3CC(CCCO)C3)c(F)cc2c1=O. The van der Waals surface area contributed by atoms with Crippen LogP contribution in [0.1, 0.15) is 47.6 Å². The number of esters is 1. The minimum absolute atomic E-state index is 0.0644. The molecule has 1 saturated heterocycles. The van der Waals surface area contributed by atoms with Crippen LogP contribution in [0.5, 0.6) is 0 Å². The van der Waals surface area contributed by atoms with Crippen molar-refractivity contribution in [3.8, 4) is 0 Å². The van der Waals surface area contributed by atoms with E-state index < -0.39 is 17.2 Å². The smallest absolute Gasteiger partial charge is 0.343 e. The number of anilines is 1. The highest BCUT2D eigenvalue weighted by molar-refractivity contribution is 5.94. The molecule has 6 nitrogen and oxygen atoms in total. The lowest BCUT2D eigenvalue weighted by Gasteiger charge is -2.41. The Morgan fingerprint density at radius 1 is 1.15 bits per heavy atom. The number of pyridine rings is 1. The van der Waals surface area contributed by atoms with Gasteiger partial charge in [0.15, 0.2) is 0 Å². The molecule has 3 aromatic rings. The van der Waals surface area contributed by atoms with Crippen molar-refractivity contribution in [2.24, 2.45) is 5.92 Å². The van der Waals surface area contributed by atoms with Crippen LogP contribution in [0, 0.1) is 11.7 Å². The van der Waals surface area contributed by atoms with Crippen molar-refractivity contribution in [3.63, 3.8) is 0 Å². The minimum Gasteiger partial charge on any atom is -0.457 e. The Morgan fingerprint density at radius 3 is 2.61 bits per heavy atom. The quantitative estimate of drug-likeness (QED) is 0.525. The van der Waals surface area contributed by atoms with Gasteiger partial charge in [0.1, 0.15) is 18.0 Å². The molecule has 172 valence electrons. The molecule has 1 N–H and O–H groups in total. The van der Waals surface area contributed by atoms with Crippen LogP contribution in [-0.4, -0.2) is 35.3 Å². The molecular formula is C26H27FN2O4. The summed E-state index contributed by atoms with van der Waals surface area (Å²) in [7, 11) is 0. The standard InChI is InChI=1S/C26H27FN2O4/c27-22-11-20-23(12-24(22)28-13-18(14-28)7-4-10-30)29(19-8-9-19)15-21(25(20)31)26(32)33-16-17-5-2-1-3-6-17/h1-3,5-6,11-12,15,18-19,30H,4,7-10,13-14,16H2. The fraction of sp³-hybridized carbons (Fsp3) is 0.385. The normalized spacial score (nSPS) is 16.1. The van der Waals surface area contributed by atoms with E-state index in [9.17, 15) is 9.59 Å². The molecule has 1 saturated carbocycles. The van der Waals surface area contributed by atoms with Gasteiger partial charge in [0.05, 0.1) is 11.2 Å². The molecule has 5 rings (SSSR count). The zero-order valence-electron chi connectivity index (χ0n) is 18.4. The number of carbonyl (C=O) groups is 1. The largest absolute Gasteiger partial charge is 0.457 e. The number of benzene rings is 2. The van der Waals surface area contributed by atoms with Crippen LogP contribution in [0.15, 0.2) is 53.5 Å². The van der Waals surface area contributed by atoms with Crippen molar-refractivity contribution < 1.29 is 19.0 Å². The Bertz CT molecular complexity index is 1230. The average molecular weight is 451 g/mol. The summed E-state index contributed by atoms with van der Waals surface area (Å²) in [5, 5.41) is 9.21. The molecule has 33 heavy (non-hydrogen) atoms. The van der Waals surface area contributed by atoms with Crippen molar-refractivity contribution in [2.45, 2.75) is 38.3 Å². The van der Waals surface area contributed by atoms with Crippen molar-refractivity contribution >= 4 is 22.6 Å². The van der Waals surface area contributed by atoms with Crippen LogP contribution in [0.4, 0.5) is 10.1 Å². The fourth-order valence-electron chi connectivity index (χ4n) is 4.53. The maximum absolute atomic E-state index is 15.1. The van der Waals surface area contributed by atoms with E-state index in [2.05, 4.69) is 0 Å². The molecule has 2 aromatic carbocycles. The molecule has 1 aliphatic heterocycles. The van der Waals surface area contributed by atoms with E-state index in [1.807, 2.05) is 39.8 Å². The number of rotatable bonds is 8. The molecule has 7 heteroatoms. The van der Waals surface area contributed by atoms with Gasteiger partial charge in [0, 0.05) is 37.3 Å². The lowest BCUT2D eigenvalue weighted by molar-refractivity contribution is 0.0470. The number of hydrogen-bond donors (Lipinski definition) is 1. The molecule has 1 aromatic heterocycles. The van der Waals surface area contributed by atoms with Crippen LogP contribution in [0.25, 0.3) is 10.9 Å². The minimum atomic E-state index is -0.695. The number of aromatic nitrogens is 1. The van der Waals surface area contributed by atoms with E-state index in [0.29, 0.717) is 17.1 Å². The van der Waals surface area contributed by atoms with E-state index in [4.69, 9.17) is 9.84 Å². The highest BCUT2D eigenvalue weighted by Crippen LogP contribution is 2.39. The predicted molar refractivity (Wildman–Crippen MR) is 124 cm³/mol. The molecule has 2 heterocycles. The van der Waals surface area contributed by atoms with E-state index in [-0.39, 0.29) is 30.2 Å². The molecule has 0 spiro atoms. The van der Waals surface area contributed by atoms with Gasteiger partial charge >= 0.3 is 5.97 Å². The van der Waals surface area contributed by atoms with Gasteiger partial charge in [-0.2, -0.15) is 0 Å². The average Bonchev–Trinajstić information content (AvgIpc) is 3.63. The molecule has 1 aliphatic carbocycles. The number of fused-ring (bicyclic) bond motifs is 1. The van der Waals surface area contributed by atoms with E-state index in [1.165, 1.54) is 6.07 Å². The third-order valence-corrected chi connectivity index (χ3v) is 6.54. The summed E-state index contributed by atoms with van der Waals surface area (Å²) in [5.74, 6) is -0.712. The van der Waals surface area contributed by atoms with Crippen molar-refractivity contribution in [3.05, 3.63) is 75.8 Å². The number of aliphatic hydroxyl groups excluding tert-OH is 1. The summed E-state index contributed by atoms with van der Waals surface area (Å²) in [6, 6.07) is 12.5. The number of ether oxygens (including phenoxy) is 1. The zero-order chi connectivity index (χ0) is 22.9. The Labute approximate surface area is 191 Å². The van der Waals surface area contributed by atoms with Crippen molar-refractivity contribution in [1.82, 2.24) is 4.57 Å². The number of nitrogens with zero attached hydrogens (tertiary/aromatic N) is 2. The van der Waals surface area contributed by atoms with E-state index >= 15 is 4.39 Å². The highest BCUT2D eigenvalue weighted by Gasteiger charge is 2.31. The maximum atomic E-state index is 15.1. The lowest BCUT2D eigenvalue weighted by atomic mass is 9.94. The first-order chi connectivity index (χ1) is 16.0. The molecule has 0 amide bonds. The summed E-state index contributed by atoms with van der Waals surface area (Å²) in [6.45, 7) is 1.71. The molecule has 0 radical (unpaired) electrons. The monoisotopic (exact) mass is 450 g/mol. The number of halogens is 1. The second-order valence-corrected chi connectivity index (χ2v) is 9.03. The lowest BCUT2D eigenvalue weighted by Crippen LogP contribution is -2.47. The molecule has 2 aliphatic rings. The van der Waals surface area contributed by atoms with Crippen LogP contribution >= 0.6 is 0 Å². The van der Waals surface area contributed by atoms with Gasteiger partial charge in [0.2, 0.25) is 5.43 Å². The Balaban J connectivity index is 1.45. The maximum Gasteiger partial charge on any atom is 0.343 e. The summed E-state index contributed by atoms with van der Waals surface area (Å²) >= 11 is 0. The predicted octanol–water partition coefficient (Wildman–Crippen LogP) is 4.04. The first-order valence-corrected chi connectivity index (χ1v) is 11.5. The summed E-state index contributed by atoms with van der Waals surface area (Å²) < 4.78 is 22.4. The molecule has 0 atom stereocenters. The topological polar surface area (TPSA) is 71.8 Å².